The molecule has 1 atom stereocenters. The molecule has 146 valence electrons. The molecule has 1 heterocycles. The second-order valence-corrected chi connectivity index (χ2v) is 7.13. The number of carbonyl (C=O) groups excluding carboxylic acids is 1. The molecular formula is C20H19Cl2N3O3. The summed E-state index contributed by atoms with van der Waals surface area (Å²) < 4.78 is 10.9. The van der Waals surface area contributed by atoms with E-state index >= 15 is 0 Å². The Morgan fingerprint density at radius 2 is 1.89 bits per heavy atom. The summed E-state index contributed by atoms with van der Waals surface area (Å²) >= 11 is 12.3. The average molecular weight is 420 g/mol. The number of amides is 1. The van der Waals surface area contributed by atoms with Gasteiger partial charge in [-0.2, -0.15) is 4.98 Å². The maximum Gasteiger partial charge on any atom is 0.261 e. The largest absolute Gasteiger partial charge is 0.481 e. The Kier molecular flexibility index (Phi) is 6.21. The number of hydrogen-bond acceptors (Lipinski definition) is 5. The van der Waals surface area contributed by atoms with E-state index in [0.717, 1.165) is 11.1 Å². The first-order valence-electron chi connectivity index (χ1n) is 8.63. The lowest BCUT2D eigenvalue weighted by atomic mass is 10.1. The van der Waals surface area contributed by atoms with Crippen molar-refractivity contribution in [2.45, 2.75) is 33.4 Å². The van der Waals surface area contributed by atoms with E-state index in [1.165, 1.54) is 0 Å². The van der Waals surface area contributed by atoms with Crippen molar-refractivity contribution in [1.82, 2.24) is 15.5 Å². The quantitative estimate of drug-likeness (QED) is 0.623. The maximum absolute atomic E-state index is 12.3. The summed E-state index contributed by atoms with van der Waals surface area (Å²) in [5.74, 6) is 0.920. The molecule has 8 heteroatoms. The normalized spacial score (nSPS) is 11.9. The Balaban J connectivity index is 1.59. The SMILES string of the molecule is Cc1cc(O[C@H](C)C(=O)NCc2nc(-c3ccccc3Cl)no2)cc(C)c1Cl. The predicted octanol–water partition coefficient (Wildman–Crippen LogP) is 4.74. The molecule has 3 aromatic rings. The predicted molar refractivity (Wildman–Crippen MR) is 108 cm³/mol. The minimum Gasteiger partial charge on any atom is -0.481 e. The van der Waals surface area contributed by atoms with Gasteiger partial charge in [0.15, 0.2) is 6.10 Å². The first-order valence-corrected chi connectivity index (χ1v) is 9.39. The van der Waals surface area contributed by atoms with E-state index in [4.69, 9.17) is 32.5 Å². The van der Waals surface area contributed by atoms with Gasteiger partial charge in [-0.1, -0.05) is 40.5 Å². The summed E-state index contributed by atoms with van der Waals surface area (Å²) in [6, 6.07) is 10.8. The highest BCUT2D eigenvalue weighted by atomic mass is 35.5. The standard InChI is InChI=1S/C20H19Cl2N3O3/c1-11-8-14(9-12(2)18(11)22)27-13(3)20(26)23-10-17-24-19(25-28-17)15-6-4-5-7-16(15)21/h4-9,13H,10H2,1-3H3,(H,23,26)/t13-/m1/s1. The Hall–Kier alpha value is -2.57. The Labute approximate surface area is 172 Å². The summed E-state index contributed by atoms with van der Waals surface area (Å²) in [6.07, 6.45) is -0.703. The van der Waals surface area contributed by atoms with Crippen LogP contribution in [0.4, 0.5) is 0 Å². The minimum absolute atomic E-state index is 0.0860. The molecule has 0 aliphatic carbocycles. The van der Waals surface area contributed by atoms with Crippen LogP contribution in [-0.4, -0.2) is 22.2 Å². The van der Waals surface area contributed by atoms with Crippen LogP contribution in [0.2, 0.25) is 10.0 Å². The molecule has 0 aliphatic heterocycles. The van der Waals surface area contributed by atoms with Crippen LogP contribution in [0.1, 0.15) is 23.9 Å². The fourth-order valence-corrected chi connectivity index (χ4v) is 2.95. The van der Waals surface area contributed by atoms with Gasteiger partial charge in [-0.05, 0) is 56.2 Å². The van der Waals surface area contributed by atoms with Gasteiger partial charge in [0, 0.05) is 10.6 Å². The molecule has 0 radical (unpaired) electrons. The van der Waals surface area contributed by atoms with Gasteiger partial charge in [0.05, 0.1) is 11.6 Å². The van der Waals surface area contributed by atoms with Gasteiger partial charge in [0.1, 0.15) is 5.75 Å². The van der Waals surface area contributed by atoms with Crippen LogP contribution in [-0.2, 0) is 11.3 Å². The summed E-state index contributed by atoms with van der Waals surface area (Å²) in [5.41, 5.74) is 2.44. The number of ether oxygens (including phenoxy) is 1. The molecule has 1 aromatic heterocycles. The lowest BCUT2D eigenvalue weighted by Crippen LogP contribution is -2.36. The van der Waals surface area contributed by atoms with E-state index in [2.05, 4.69) is 15.5 Å². The number of rotatable bonds is 6. The van der Waals surface area contributed by atoms with Crippen molar-refractivity contribution in [2.75, 3.05) is 0 Å². The van der Waals surface area contributed by atoms with Crippen molar-refractivity contribution in [1.29, 1.82) is 0 Å². The lowest BCUT2D eigenvalue weighted by molar-refractivity contribution is -0.127. The zero-order chi connectivity index (χ0) is 20.3. The Bertz CT molecular complexity index is 981. The lowest BCUT2D eigenvalue weighted by Gasteiger charge is -2.15. The second-order valence-electron chi connectivity index (χ2n) is 6.34. The van der Waals surface area contributed by atoms with Gasteiger partial charge in [0.2, 0.25) is 11.7 Å². The van der Waals surface area contributed by atoms with E-state index in [0.29, 0.717) is 27.2 Å². The highest BCUT2D eigenvalue weighted by molar-refractivity contribution is 6.33. The van der Waals surface area contributed by atoms with Gasteiger partial charge in [-0.25, -0.2) is 0 Å². The van der Waals surface area contributed by atoms with Crippen molar-refractivity contribution >= 4 is 29.1 Å². The molecule has 6 nitrogen and oxygen atoms in total. The molecule has 0 saturated carbocycles. The van der Waals surface area contributed by atoms with Crippen molar-refractivity contribution in [3.05, 3.63) is 63.5 Å². The second kappa shape index (κ2) is 8.63. The van der Waals surface area contributed by atoms with Gasteiger partial charge in [-0.3, -0.25) is 4.79 Å². The van der Waals surface area contributed by atoms with Crippen molar-refractivity contribution in [2.24, 2.45) is 0 Å². The van der Waals surface area contributed by atoms with Crippen molar-refractivity contribution < 1.29 is 14.1 Å². The van der Waals surface area contributed by atoms with E-state index in [9.17, 15) is 4.79 Å². The topological polar surface area (TPSA) is 77.2 Å². The van der Waals surface area contributed by atoms with E-state index in [1.807, 2.05) is 26.0 Å². The number of halogens is 2. The van der Waals surface area contributed by atoms with Gasteiger partial charge < -0.3 is 14.6 Å². The molecule has 0 aliphatic rings. The van der Waals surface area contributed by atoms with Crippen LogP contribution >= 0.6 is 23.2 Å². The van der Waals surface area contributed by atoms with Gasteiger partial charge in [0.25, 0.3) is 5.91 Å². The first-order chi connectivity index (χ1) is 13.3. The molecule has 0 bridgehead atoms. The minimum atomic E-state index is -0.703. The van der Waals surface area contributed by atoms with Crippen LogP contribution in [0.5, 0.6) is 5.75 Å². The number of nitrogens with zero attached hydrogens (tertiary/aromatic N) is 2. The highest BCUT2D eigenvalue weighted by Gasteiger charge is 2.17. The molecule has 1 N–H and O–H groups in total. The van der Waals surface area contributed by atoms with Crippen LogP contribution < -0.4 is 10.1 Å². The molecule has 28 heavy (non-hydrogen) atoms. The Morgan fingerprint density at radius 3 is 2.57 bits per heavy atom. The summed E-state index contributed by atoms with van der Waals surface area (Å²) in [6.45, 7) is 5.53. The third-order valence-corrected chi connectivity index (χ3v) is 5.01. The third-order valence-electron chi connectivity index (χ3n) is 4.09. The molecule has 2 aromatic carbocycles. The summed E-state index contributed by atoms with van der Waals surface area (Å²) in [4.78, 5) is 16.6. The highest BCUT2D eigenvalue weighted by Crippen LogP contribution is 2.27. The number of aromatic nitrogens is 2. The fourth-order valence-electron chi connectivity index (χ4n) is 2.62. The van der Waals surface area contributed by atoms with Crippen LogP contribution in [0.15, 0.2) is 40.9 Å². The van der Waals surface area contributed by atoms with Crippen molar-refractivity contribution in [3.8, 4) is 17.1 Å². The van der Waals surface area contributed by atoms with Gasteiger partial charge >= 0.3 is 0 Å². The van der Waals surface area contributed by atoms with Crippen LogP contribution in [0.3, 0.4) is 0 Å². The number of hydrogen-bond donors (Lipinski definition) is 1. The third kappa shape index (κ3) is 4.64. The molecule has 0 unspecified atom stereocenters. The fraction of sp³-hybridized carbons (Fsp3) is 0.250. The van der Waals surface area contributed by atoms with Gasteiger partial charge in [-0.15, -0.1) is 0 Å². The number of aryl methyl sites for hydroxylation is 2. The first kappa shape index (κ1) is 20.2. The molecule has 0 fully saturated rings. The van der Waals surface area contributed by atoms with E-state index in [-0.39, 0.29) is 18.3 Å². The Morgan fingerprint density at radius 1 is 1.21 bits per heavy atom. The van der Waals surface area contributed by atoms with Crippen molar-refractivity contribution in [3.63, 3.8) is 0 Å². The van der Waals surface area contributed by atoms with E-state index < -0.39 is 6.10 Å². The number of carbonyl (C=O) groups is 1. The molecule has 0 saturated heterocycles. The molecule has 3 rings (SSSR count). The summed E-state index contributed by atoms with van der Waals surface area (Å²) in [5, 5.41) is 7.83. The number of benzene rings is 2. The molecule has 1 amide bonds. The zero-order valence-electron chi connectivity index (χ0n) is 15.6. The number of nitrogens with one attached hydrogen (secondary N) is 1. The average Bonchev–Trinajstić information content (AvgIpc) is 3.13. The smallest absolute Gasteiger partial charge is 0.261 e. The zero-order valence-corrected chi connectivity index (χ0v) is 17.1. The molecule has 0 spiro atoms. The molecular weight excluding hydrogens is 401 g/mol. The summed E-state index contributed by atoms with van der Waals surface area (Å²) in [7, 11) is 0. The monoisotopic (exact) mass is 419 g/mol. The van der Waals surface area contributed by atoms with Crippen LogP contribution in [0.25, 0.3) is 11.4 Å². The van der Waals surface area contributed by atoms with Crippen LogP contribution in [0, 0.1) is 13.8 Å². The maximum atomic E-state index is 12.3. The van der Waals surface area contributed by atoms with E-state index in [1.54, 1.807) is 31.2 Å².